The van der Waals surface area contributed by atoms with Crippen molar-refractivity contribution in [3.8, 4) is 0 Å². The van der Waals surface area contributed by atoms with Gasteiger partial charge in [0.05, 0.1) is 24.3 Å². The third-order valence-corrected chi connectivity index (χ3v) is 3.22. The van der Waals surface area contributed by atoms with Crippen molar-refractivity contribution in [2.45, 2.75) is 51.7 Å². The van der Waals surface area contributed by atoms with Gasteiger partial charge >= 0.3 is 0 Å². The Morgan fingerprint density at radius 2 is 2.33 bits per heavy atom. The van der Waals surface area contributed by atoms with Gasteiger partial charge in [0.2, 0.25) is 0 Å². The Morgan fingerprint density at radius 3 is 2.93 bits per heavy atom. The lowest BCUT2D eigenvalue weighted by atomic mass is 9.97. The monoisotopic (exact) mass is 208 g/mol. The number of rotatable bonds is 5. The van der Waals surface area contributed by atoms with E-state index >= 15 is 0 Å². The second-order valence-electron chi connectivity index (χ2n) is 4.67. The highest BCUT2D eigenvalue weighted by atomic mass is 16.3. The van der Waals surface area contributed by atoms with Crippen molar-refractivity contribution in [1.29, 1.82) is 0 Å². The van der Waals surface area contributed by atoms with Gasteiger partial charge in [0.1, 0.15) is 0 Å². The predicted octanol–water partition coefficient (Wildman–Crippen LogP) is 2.69. The van der Waals surface area contributed by atoms with Gasteiger partial charge in [0, 0.05) is 6.04 Å². The van der Waals surface area contributed by atoms with Crippen molar-refractivity contribution in [2.24, 2.45) is 5.92 Å². The minimum atomic E-state index is -0.354. The van der Waals surface area contributed by atoms with Crippen LogP contribution in [0.25, 0.3) is 0 Å². The van der Waals surface area contributed by atoms with E-state index in [0.717, 1.165) is 18.5 Å². The zero-order valence-electron chi connectivity index (χ0n) is 9.56. The largest absolute Gasteiger partial charge is 0.387 e. The van der Waals surface area contributed by atoms with Crippen LogP contribution in [0.4, 0.5) is 0 Å². The van der Waals surface area contributed by atoms with Crippen LogP contribution < -0.4 is 0 Å². The molecule has 1 saturated carbocycles. The highest BCUT2D eigenvalue weighted by Gasteiger charge is 2.28. The molecule has 3 nitrogen and oxygen atoms in total. The van der Waals surface area contributed by atoms with Crippen LogP contribution in [0.1, 0.15) is 57.4 Å². The lowest BCUT2D eigenvalue weighted by molar-refractivity contribution is 0.104. The maximum absolute atomic E-state index is 10.2. The average Bonchev–Trinajstić information content (AvgIpc) is 2.96. The summed E-state index contributed by atoms with van der Waals surface area (Å²) < 4.78 is 2.15. The molecular weight excluding hydrogens is 188 g/mol. The Kier molecular flexibility index (Phi) is 3.10. The zero-order valence-corrected chi connectivity index (χ0v) is 9.56. The molecular formula is C12H20N2O. The Labute approximate surface area is 91.1 Å². The van der Waals surface area contributed by atoms with E-state index in [4.69, 9.17) is 0 Å². The van der Waals surface area contributed by atoms with Gasteiger partial charge in [-0.15, -0.1) is 0 Å². The molecule has 0 saturated heterocycles. The molecule has 1 fully saturated rings. The minimum absolute atomic E-state index is 0.323. The third-order valence-electron chi connectivity index (χ3n) is 3.22. The van der Waals surface area contributed by atoms with E-state index in [-0.39, 0.29) is 6.10 Å². The molecule has 3 heteroatoms. The summed E-state index contributed by atoms with van der Waals surface area (Å²) in [6, 6.07) is 0.603. The van der Waals surface area contributed by atoms with Gasteiger partial charge in [-0.25, -0.2) is 4.98 Å². The summed E-state index contributed by atoms with van der Waals surface area (Å²) in [4.78, 5) is 4.15. The molecule has 1 aliphatic carbocycles. The van der Waals surface area contributed by atoms with Gasteiger partial charge in [-0.2, -0.15) is 0 Å². The molecule has 0 aliphatic heterocycles. The number of aliphatic hydroxyl groups excluding tert-OH is 1. The van der Waals surface area contributed by atoms with Gasteiger partial charge in [0.15, 0.2) is 0 Å². The van der Waals surface area contributed by atoms with Crippen LogP contribution in [0.5, 0.6) is 0 Å². The minimum Gasteiger partial charge on any atom is -0.387 e. The van der Waals surface area contributed by atoms with E-state index in [1.165, 1.54) is 12.8 Å². The van der Waals surface area contributed by atoms with E-state index in [9.17, 15) is 5.11 Å². The first-order chi connectivity index (χ1) is 7.24. The Morgan fingerprint density at radius 1 is 1.60 bits per heavy atom. The van der Waals surface area contributed by atoms with Crippen LogP contribution >= 0.6 is 0 Å². The van der Waals surface area contributed by atoms with Crippen molar-refractivity contribution >= 4 is 0 Å². The van der Waals surface area contributed by atoms with Crippen molar-refractivity contribution < 1.29 is 5.11 Å². The van der Waals surface area contributed by atoms with Crippen molar-refractivity contribution in [1.82, 2.24) is 9.55 Å². The summed E-state index contributed by atoms with van der Waals surface area (Å²) in [6.07, 6.45) is 7.97. The first kappa shape index (κ1) is 10.7. The second kappa shape index (κ2) is 4.35. The topological polar surface area (TPSA) is 38.1 Å². The van der Waals surface area contributed by atoms with Crippen LogP contribution in [0.15, 0.2) is 12.5 Å². The van der Waals surface area contributed by atoms with E-state index in [2.05, 4.69) is 23.4 Å². The van der Waals surface area contributed by atoms with Crippen LogP contribution in [-0.2, 0) is 0 Å². The molecule has 0 radical (unpaired) electrons. The Hall–Kier alpha value is -0.830. The lowest BCUT2D eigenvalue weighted by Crippen LogP contribution is -2.13. The molecule has 2 unspecified atom stereocenters. The number of aliphatic hydroxyl groups is 1. The Balaban J connectivity index is 2.09. The summed E-state index contributed by atoms with van der Waals surface area (Å²) in [5, 5.41) is 10.2. The average molecular weight is 208 g/mol. The molecule has 1 aromatic heterocycles. The van der Waals surface area contributed by atoms with E-state index in [1.807, 2.05) is 12.5 Å². The molecule has 2 atom stereocenters. The number of hydrogen-bond donors (Lipinski definition) is 1. The van der Waals surface area contributed by atoms with Crippen LogP contribution in [0.3, 0.4) is 0 Å². The van der Waals surface area contributed by atoms with Crippen LogP contribution in [-0.4, -0.2) is 14.7 Å². The normalized spacial score (nSPS) is 20.2. The fourth-order valence-electron chi connectivity index (χ4n) is 2.11. The molecule has 1 aliphatic rings. The van der Waals surface area contributed by atoms with Gasteiger partial charge in [-0.1, -0.05) is 20.3 Å². The summed E-state index contributed by atoms with van der Waals surface area (Å²) in [5.41, 5.74) is 0.999. The smallest absolute Gasteiger partial charge is 0.0981 e. The fourth-order valence-corrected chi connectivity index (χ4v) is 2.11. The molecule has 0 spiro atoms. The zero-order chi connectivity index (χ0) is 10.8. The maximum atomic E-state index is 10.2. The number of aromatic nitrogens is 2. The second-order valence-corrected chi connectivity index (χ2v) is 4.67. The lowest BCUT2D eigenvalue weighted by Gasteiger charge is -2.19. The molecule has 0 amide bonds. The standard InChI is InChI=1S/C12H20N2O/c1-3-4-9(2)12(15)11-7-13-8-14(11)10-5-6-10/h7-10,12,15H,3-6H2,1-2H3. The van der Waals surface area contributed by atoms with E-state index < -0.39 is 0 Å². The quantitative estimate of drug-likeness (QED) is 0.808. The Bertz CT molecular complexity index is 317. The summed E-state index contributed by atoms with van der Waals surface area (Å²) in [5.74, 6) is 0.323. The summed E-state index contributed by atoms with van der Waals surface area (Å²) >= 11 is 0. The molecule has 15 heavy (non-hydrogen) atoms. The molecule has 2 rings (SSSR count). The number of nitrogens with zero attached hydrogens (tertiary/aromatic N) is 2. The number of imidazole rings is 1. The summed E-state index contributed by atoms with van der Waals surface area (Å²) in [6.45, 7) is 4.26. The van der Waals surface area contributed by atoms with Crippen molar-refractivity contribution in [3.05, 3.63) is 18.2 Å². The van der Waals surface area contributed by atoms with Crippen molar-refractivity contribution in [3.63, 3.8) is 0 Å². The van der Waals surface area contributed by atoms with Gasteiger partial charge in [-0.05, 0) is 25.2 Å². The SMILES string of the molecule is CCCC(C)C(O)c1cncn1C1CC1. The molecule has 0 bridgehead atoms. The van der Waals surface area contributed by atoms with E-state index in [1.54, 1.807) is 0 Å². The van der Waals surface area contributed by atoms with Crippen LogP contribution in [0.2, 0.25) is 0 Å². The molecule has 1 aromatic rings. The first-order valence-electron chi connectivity index (χ1n) is 5.93. The van der Waals surface area contributed by atoms with Crippen molar-refractivity contribution in [2.75, 3.05) is 0 Å². The first-order valence-corrected chi connectivity index (χ1v) is 5.93. The highest BCUT2D eigenvalue weighted by Crippen LogP contribution is 2.38. The molecule has 84 valence electrons. The predicted molar refractivity (Wildman–Crippen MR) is 59.5 cm³/mol. The van der Waals surface area contributed by atoms with Gasteiger partial charge in [-0.3, -0.25) is 0 Å². The van der Waals surface area contributed by atoms with Gasteiger partial charge in [0.25, 0.3) is 0 Å². The maximum Gasteiger partial charge on any atom is 0.0981 e. The van der Waals surface area contributed by atoms with Crippen LogP contribution in [0, 0.1) is 5.92 Å². The summed E-state index contributed by atoms with van der Waals surface area (Å²) in [7, 11) is 0. The highest BCUT2D eigenvalue weighted by molar-refractivity contribution is 5.07. The number of hydrogen-bond acceptors (Lipinski definition) is 2. The molecule has 1 N–H and O–H groups in total. The third kappa shape index (κ3) is 2.23. The van der Waals surface area contributed by atoms with Gasteiger partial charge < -0.3 is 9.67 Å². The molecule has 0 aromatic carbocycles. The molecule has 1 heterocycles. The van der Waals surface area contributed by atoms with E-state index in [0.29, 0.717) is 12.0 Å². The fraction of sp³-hybridized carbons (Fsp3) is 0.750.